The van der Waals surface area contributed by atoms with Gasteiger partial charge in [0.2, 0.25) is 0 Å². The normalized spacial score (nSPS) is 13.9. The van der Waals surface area contributed by atoms with Crippen LogP contribution in [0.4, 0.5) is 0 Å². The Balaban J connectivity index is 0.000000555. The number of carbonyl (C=O) groups is 2. The molecule has 0 unspecified atom stereocenters. The van der Waals surface area contributed by atoms with Gasteiger partial charge in [0, 0.05) is 19.8 Å². The highest BCUT2D eigenvalue weighted by Crippen LogP contribution is 2.05. The van der Waals surface area contributed by atoms with E-state index in [0.29, 0.717) is 6.08 Å². The summed E-state index contributed by atoms with van der Waals surface area (Å²) in [6, 6.07) is 0. The Hall–Kier alpha value is -3.42. The number of hydrogen-bond donors (Lipinski definition) is 2. The fraction of sp³-hybridized carbons (Fsp3) is 0.333. The van der Waals surface area contributed by atoms with Gasteiger partial charge in [-0.1, -0.05) is 43.4 Å². The molecule has 3 N–H and O–H groups in total. The molecule has 29 heavy (non-hydrogen) atoms. The maximum Gasteiger partial charge on any atom is 0.334 e. The van der Waals surface area contributed by atoms with Crippen LogP contribution in [0, 0.1) is 0 Å². The molecule has 0 aromatic rings. The van der Waals surface area contributed by atoms with E-state index in [9.17, 15) is 9.59 Å². The summed E-state index contributed by atoms with van der Waals surface area (Å²) in [6.07, 6.45) is 19.9. The smallest absolute Gasteiger partial charge is 0.334 e. The molecule has 0 saturated heterocycles. The monoisotopic (exact) mass is 402 g/mol. The van der Waals surface area contributed by atoms with E-state index in [1.54, 1.807) is 6.92 Å². The maximum atomic E-state index is 10.7. The Bertz CT molecular complexity index is 716. The number of hydrogen-bond acceptors (Lipinski definition) is 5. The first-order valence-corrected chi connectivity index (χ1v) is 9.21. The minimum Gasteiger partial charge on any atom is -0.503 e. The molecule has 158 valence electrons. The lowest BCUT2D eigenvalue weighted by molar-refractivity contribution is -0.137. The number of ether oxygens (including phenoxy) is 1. The van der Waals surface area contributed by atoms with Crippen LogP contribution in [0.15, 0.2) is 70.0 Å². The number of carbonyl (C=O) groups excluding carboxylic acids is 2. The van der Waals surface area contributed by atoms with E-state index in [1.165, 1.54) is 5.57 Å². The van der Waals surface area contributed by atoms with E-state index in [0.717, 1.165) is 25.7 Å². The first kappa shape index (κ1) is 25.6. The lowest BCUT2D eigenvalue weighted by Gasteiger charge is -2.12. The summed E-state index contributed by atoms with van der Waals surface area (Å²) in [5.41, 5.74) is 6.10. The molecule has 0 radical (unpaired) electrons. The van der Waals surface area contributed by atoms with Crippen LogP contribution in [0.25, 0.3) is 0 Å². The molecule has 0 saturated carbocycles. The quantitative estimate of drug-likeness (QED) is 0.212. The largest absolute Gasteiger partial charge is 0.503 e. The van der Waals surface area contributed by atoms with E-state index >= 15 is 0 Å². The standard InChI is InChI=1S/C14H20N2.C7H10N2O4/c1-3-4-11-15-13-16(2)12-14-9-7-5-6-8-10-14;1-2-13-6(11)3-5(10)7(12)9-4-8/h4-5,7-11,13H,3,6,12H2,1-2H3;3-4,10H,2H2,1H3,(H2,8,9,12)/b11-4+,15-13?;5-3-. The number of rotatable bonds is 8. The molecular formula is C21H30N4O4. The summed E-state index contributed by atoms with van der Waals surface area (Å²) < 4.78 is 4.43. The van der Waals surface area contributed by atoms with Crippen molar-refractivity contribution in [2.75, 3.05) is 20.2 Å². The molecular weight excluding hydrogens is 372 g/mol. The Morgan fingerprint density at radius 1 is 1.34 bits per heavy atom. The average Bonchev–Trinajstić information content (AvgIpc) is 2.95. The number of likely N-dealkylation sites (N-methyl/N-ethyl adjacent to an activating group) is 1. The van der Waals surface area contributed by atoms with Crippen molar-refractivity contribution in [3.05, 3.63) is 60.1 Å². The molecule has 0 spiro atoms. The lowest BCUT2D eigenvalue weighted by atomic mass is 10.2. The fourth-order valence-corrected chi connectivity index (χ4v) is 1.87. The molecule has 0 fully saturated rings. The maximum absolute atomic E-state index is 10.7. The third kappa shape index (κ3) is 14.3. The Labute approximate surface area is 172 Å². The van der Waals surface area contributed by atoms with Crippen LogP contribution in [-0.4, -0.2) is 54.8 Å². The van der Waals surface area contributed by atoms with Crippen molar-refractivity contribution >= 4 is 24.6 Å². The number of allylic oxidation sites excluding steroid dienone is 5. The van der Waals surface area contributed by atoms with Gasteiger partial charge in [-0.3, -0.25) is 4.79 Å². The summed E-state index contributed by atoms with van der Waals surface area (Å²) in [4.78, 5) is 30.7. The second kappa shape index (κ2) is 16.7. The Morgan fingerprint density at radius 3 is 2.76 bits per heavy atom. The third-order valence-electron chi connectivity index (χ3n) is 3.13. The van der Waals surface area contributed by atoms with E-state index in [-0.39, 0.29) is 6.61 Å². The Morgan fingerprint density at radius 2 is 2.10 bits per heavy atom. The minimum atomic E-state index is -0.990. The number of nitrogens with zero attached hydrogens (tertiary/aromatic N) is 3. The van der Waals surface area contributed by atoms with Gasteiger partial charge in [0.25, 0.3) is 0 Å². The molecule has 1 aliphatic carbocycles. The zero-order valence-corrected chi connectivity index (χ0v) is 17.2. The van der Waals surface area contributed by atoms with Crippen LogP contribution >= 0.6 is 0 Å². The van der Waals surface area contributed by atoms with Crippen molar-refractivity contribution in [2.24, 2.45) is 15.7 Å². The van der Waals surface area contributed by atoms with E-state index in [4.69, 9.17) is 10.8 Å². The molecule has 8 nitrogen and oxygen atoms in total. The van der Waals surface area contributed by atoms with Gasteiger partial charge in [-0.15, -0.1) is 0 Å². The first-order valence-electron chi connectivity index (χ1n) is 9.21. The van der Waals surface area contributed by atoms with Crippen LogP contribution in [0.2, 0.25) is 0 Å². The zero-order valence-electron chi connectivity index (χ0n) is 17.2. The lowest BCUT2D eigenvalue weighted by Crippen LogP contribution is -2.18. The molecule has 1 aliphatic rings. The van der Waals surface area contributed by atoms with Crippen molar-refractivity contribution in [3.63, 3.8) is 0 Å². The van der Waals surface area contributed by atoms with Crippen molar-refractivity contribution < 1.29 is 19.4 Å². The van der Waals surface area contributed by atoms with Crippen molar-refractivity contribution in [3.8, 4) is 0 Å². The van der Waals surface area contributed by atoms with Crippen molar-refractivity contribution in [1.29, 1.82) is 0 Å². The number of aliphatic hydroxyl groups excluding tert-OH is 1. The number of amides is 1. The van der Waals surface area contributed by atoms with Crippen LogP contribution in [0.5, 0.6) is 0 Å². The van der Waals surface area contributed by atoms with E-state index in [2.05, 4.69) is 56.9 Å². The summed E-state index contributed by atoms with van der Waals surface area (Å²) in [5.74, 6) is -2.60. The van der Waals surface area contributed by atoms with Gasteiger partial charge < -0.3 is 20.5 Å². The van der Waals surface area contributed by atoms with Crippen LogP contribution in [0.1, 0.15) is 26.7 Å². The molecule has 1 rings (SSSR count). The molecule has 1 amide bonds. The first-order chi connectivity index (χ1) is 13.9. The van der Waals surface area contributed by atoms with Crippen LogP contribution in [0.3, 0.4) is 0 Å². The number of nitrogens with two attached hydrogens (primary N) is 1. The second-order valence-electron chi connectivity index (χ2n) is 5.65. The highest BCUT2D eigenvalue weighted by atomic mass is 16.5. The molecule has 0 atom stereocenters. The van der Waals surface area contributed by atoms with Gasteiger partial charge in [-0.25, -0.2) is 9.79 Å². The second-order valence-corrected chi connectivity index (χ2v) is 5.65. The molecule has 8 heteroatoms. The predicted octanol–water partition coefficient (Wildman–Crippen LogP) is 2.82. The molecule has 0 aliphatic heterocycles. The van der Waals surface area contributed by atoms with Crippen molar-refractivity contribution in [2.45, 2.75) is 26.7 Å². The van der Waals surface area contributed by atoms with E-state index < -0.39 is 17.6 Å². The minimum absolute atomic E-state index is 0.164. The molecule has 0 aromatic carbocycles. The number of aliphatic hydroxyl groups is 1. The molecule has 0 heterocycles. The molecule has 0 aromatic heterocycles. The van der Waals surface area contributed by atoms with Gasteiger partial charge in [0.05, 0.1) is 25.4 Å². The highest BCUT2D eigenvalue weighted by Gasteiger charge is 2.07. The SMILES string of the molecule is CC/C=C/N=CN(C)CC1=CC=CCC=C1.CCOC(=O)/C=C(\O)C(=O)N=CN. The summed E-state index contributed by atoms with van der Waals surface area (Å²) in [7, 11) is 2.03. The fourth-order valence-electron chi connectivity index (χ4n) is 1.87. The zero-order chi connectivity index (χ0) is 21.9. The highest BCUT2D eigenvalue weighted by molar-refractivity contribution is 6.00. The van der Waals surface area contributed by atoms with Crippen molar-refractivity contribution in [1.82, 2.24) is 4.90 Å². The summed E-state index contributed by atoms with van der Waals surface area (Å²) in [6.45, 7) is 4.76. The van der Waals surface area contributed by atoms with Crippen LogP contribution in [-0.2, 0) is 14.3 Å². The third-order valence-corrected chi connectivity index (χ3v) is 3.13. The van der Waals surface area contributed by atoms with Gasteiger partial charge in [0.15, 0.2) is 5.76 Å². The summed E-state index contributed by atoms with van der Waals surface area (Å²) >= 11 is 0. The van der Waals surface area contributed by atoms with Crippen LogP contribution < -0.4 is 5.73 Å². The topological polar surface area (TPSA) is 118 Å². The number of esters is 1. The van der Waals surface area contributed by atoms with Gasteiger partial charge >= 0.3 is 11.9 Å². The number of aliphatic imine (C=N–C) groups is 2. The van der Waals surface area contributed by atoms with Gasteiger partial charge in [-0.05, 0) is 25.3 Å². The Kier molecular flexibility index (Phi) is 14.8. The van der Waals surface area contributed by atoms with Gasteiger partial charge in [0.1, 0.15) is 0 Å². The van der Waals surface area contributed by atoms with E-state index in [1.807, 2.05) is 25.7 Å². The van der Waals surface area contributed by atoms with Gasteiger partial charge in [-0.2, -0.15) is 4.99 Å². The average molecular weight is 402 g/mol. The predicted molar refractivity (Wildman–Crippen MR) is 117 cm³/mol. The molecule has 0 bridgehead atoms. The summed E-state index contributed by atoms with van der Waals surface area (Å²) in [5, 5.41) is 8.89.